The fraction of sp³-hybridized carbons (Fsp3) is 0.944. The van der Waals surface area contributed by atoms with Crippen molar-refractivity contribution in [2.45, 2.75) is 64.5 Å². The van der Waals surface area contributed by atoms with Gasteiger partial charge in [0.1, 0.15) is 5.60 Å². The van der Waals surface area contributed by atoms with Crippen molar-refractivity contribution in [1.82, 2.24) is 15.1 Å². The Morgan fingerprint density at radius 2 is 1.91 bits per heavy atom. The second kappa shape index (κ2) is 8.34. The molecule has 1 amide bonds. The molecule has 2 rings (SSSR count). The number of nitrogens with zero attached hydrogens (tertiary/aromatic N) is 2. The summed E-state index contributed by atoms with van der Waals surface area (Å²) >= 11 is 0. The van der Waals surface area contributed by atoms with E-state index in [1.54, 1.807) is 0 Å². The number of ether oxygens (including phenoxy) is 1. The van der Waals surface area contributed by atoms with Gasteiger partial charge in [-0.3, -0.25) is 0 Å². The van der Waals surface area contributed by atoms with Crippen LogP contribution in [0.5, 0.6) is 0 Å². The first-order valence-corrected chi connectivity index (χ1v) is 9.24. The van der Waals surface area contributed by atoms with Crippen molar-refractivity contribution in [1.29, 1.82) is 0 Å². The zero-order valence-electron chi connectivity index (χ0n) is 15.4. The van der Waals surface area contributed by atoms with Crippen LogP contribution in [0.2, 0.25) is 0 Å². The first-order valence-electron chi connectivity index (χ1n) is 9.24. The first kappa shape index (κ1) is 18.5. The summed E-state index contributed by atoms with van der Waals surface area (Å²) in [6.45, 7) is 10.7. The van der Waals surface area contributed by atoms with Gasteiger partial charge in [0, 0.05) is 25.7 Å². The predicted molar refractivity (Wildman–Crippen MR) is 93.7 cm³/mol. The maximum absolute atomic E-state index is 12.2. The van der Waals surface area contributed by atoms with E-state index < -0.39 is 5.60 Å². The lowest BCUT2D eigenvalue weighted by Crippen LogP contribution is -2.47. The Hall–Kier alpha value is -0.810. The fourth-order valence-electron chi connectivity index (χ4n) is 3.58. The van der Waals surface area contributed by atoms with Crippen molar-refractivity contribution in [3.8, 4) is 0 Å². The number of piperidine rings is 2. The minimum atomic E-state index is -0.409. The maximum Gasteiger partial charge on any atom is 0.410 e. The number of hydrogen-bond donors (Lipinski definition) is 1. The van der Waals surface area contributed by atoms with Gasteiger partial charge in [0.15, 0.2) is 0 Å². The Kier molecular flexibility index (Phi) is 6.72. The number of rotatable bonds is 4. The topological polar surface area (TPSA) is 44.8 Å². The van der Waals surface area contributed by atoms with Gasteiger partial charge >= 0.3 is 6.09 Å². The number of likely N-dealkylation sites (tertiary alicyclic amines) is 2. The van der Waals surface area contributed by atoms with Gasteiger partial charge in [-0.15, -0.1) is 0 Å². The van der Waals surface area contributed by atoms with E-state index in [9.17, 15) is 4.79 Å². The van der Waals surface area contributed by atoms with E-state index in [0.29, 0.717) is 12.0 Å². The Morgan fingerprint density at radius 3 is 2.61 bits per heavy atom. The minimum absolute atomic E-state index is 0.158. The average Bonchev–Trinajstić information content (AvgIpc) is 2.48. The third-order valence-electron chi connectivity index (χ3n) is 4.91. The molecule has 2 aliphatic rings. The van der Waals surface area contributed by atoms with Crippen molar-refractivity contribution in [2.24, 2.45) is 5.92 Å². The van der Waals surface area contributed by atoms with E-state index in [2.05, 4.69) is 17.3 Å². The van der Waals surface area contributed by atoms with Gasteiger partial charge in [-0.2, -0.15) is 0 Å². The van der Waals surface area contributed by atoms with Crippen LogP contribution in [0, 0.1) is 5.92 Å². The van der Waals surface area contributed by atoms with Crippen molar-refractivity contribution in [3.05, 3.63) is 0 Å². The quantitative estimate of drug-likeness (QED) is 0.863. The first-order chi connectivity index (χ1) is 10.8. The molecule has 0 aliphatic carbocycles. The monoisotopic (exact) mass is 325 g/mol. The lowest BCUT2D eigenvalue weighted by molar-refractivity contribution is 0.0165. The van der Waals surface area contributed by atoms with Crippen molar-refractivity contribution >= 4 is 6.09 Å². The van der Waals surface area contributed by atoms with Gasteiger partial charge in [0.2, 0.25) is 0 Å². The van der Waals surface area contributed by atoms with Crippen LogP contribution in [0.25, 0.3) is 0 Å². The number of carbonyl (C=O) groups is 1. The molecule has 0 radical (unpaired) electrons. The summed E-state index contributed by atoms with van der Waals surface area (Å²) in [6, 6.07) is 0.675. The maximum atomic E-state index is 12.2. The van der Waals surface area contributed by atoms with Crippen LogP contribution in [0.1, 0.15) is 52.9 Å². The highest BCUT2D eigenvalue weighted by atomic mass is 16.6. The van der Waals surface area contributed by atoms with Crippen LogP contribution in [-0.2, 0) is 4.74 Å². The summed E-state index contributed by atoms with van der Waals surface area (Å²) in [5, 5.41) is 3.64. The molecule has 0 aromatic carbocycles. The molecule has 134 valence electrons. The molecule has 0 spiro atoms. The Labute approximate surface area is 141 Å². The van der Waals surface area contributed by atoms with E-state index >= 15 is 0 Å². The third kappa shape index (κ3) is 6.30. The lowest BCUT2D eigenvalue weighted by atomic mass is 9.97. The molecular weight excluding hydrogens is 290 g/mol. The largest absolute Gasteiger partial charge is 0.444 e. The fourth-order valence-corrected chi connectivity index (χ4v) is 3.58. The molecule has 5 heteroatoms. The summed E-state index contributed by atoms with van der Waals surface area (Å²) in [5.74, 6) is 0.546. The zero-order chi connectivity index (χ0) is 16.9. The highest BCUT2D eigenvalue weighted by Gasteiger charge is 2.27. The number of hydrogen-bond acceptors (Lipinski definition) is 4. The standard InChI is InChI=1S/C18H35N3O2/c1-18(2,3)23-17(22)21-11-7-8-15(14-21)12-19-13-16-9-5-6-10-20(16)4/h15-16,19H,5-14H2,1-4H3. The van der Waals surface area contributed by atoms with Crippen LogP contribution in [-0.4, -0.2) is 67.3 Å². The van der Waals surface area contributed by atoms with Crippen molar-refractivity contribution in [3.63, 3.8) is 0 Å². The summed E-state index contributed by atoms with van der Waals surface area (Å²) in [5.41, 5.74) is -0.409. The second-order valence-corrected chi connectivity index (χ2v) is 8.22. The summed E-state index contributed by atoms with van der Waals surface area (Å²) < 4.78 is 5.50. The SMILES string of the molecule is CN1CCCCC1CNCC1CCCN(C(=O)OC(C)(C)C)C1. The van der Waals surface area contributed by atoms with Crippen LogP contribution in [0.4, 0.5) is 4.79 Å². The molecule has 0 aromatic heterocycles. The normalized spacial score (nSPS) is 27.0. The Balaban J connectivity index is 1.70. The molecule has 5 nitrogen and oxygen atoms in total. The van der Waals surface area contributed by atoms with Gasteiger partial charge in [-0.1, -0.05) is 6.42 Å². The van der Waals surface area contributed by atoms with E-state index in [-0.39, 0.29) is 6.09 Å². The van der Waals surface area contributed by atoms with E-state index in [4.69, 9.17) is 4.74 Å². The average molecular weight is 325 g/mol. The molecule has 0 bridgehead atoms. The highest BCUT2D eigenvalue weighted by molar-refractivity contribution is 5.68. The summed E-state index contributed by atoms with van der Waals surface area (Å²) in [7, 11) is 2.23. The van der Waals surface area contributed by atoms with Crippen LogP contribution in [0.15, 0.2) is 0 Å². The number of amides is 1. The summed E-state index contributed by atoms with van der Waals surface area (Å²) in [6.07, 6.45) is 6.11. The van der Waals surface area contributed by atoms with Crippen LogP contribution >= 0.6 is 0 Å². The molecule has 23 heavy (non-hydrogen) atoms. The van der Waals surface area contributed by atoms with Crippen molar-refractivity contribution < 1.29 is 9.53 Å². The smallest absolute Gasteiger partial charge is 0.410 e. The van der Waals surface area contributed by atoms with Gasteiger partial charge in [-0.25, -0.2) is 4.79 Å². The third-order valence-corrected chi connectivity index (χ3v) is 4.91. The second-order valence-electron chi connectivity index (χ2n) is 8.22. The number of carbonyl (C=O) groups excluding carboxylic acids is 1. The van der Waals surface area contributed by atoms with Crippen molar-refractivity contribution in [2.75, 3.05) is 39.8 Å². The van der Waals surface area contributed by atoms with Gasteiger partial charge in [0.25, 0.3) is 0 Å². The van der Waals surface area contributed by atoms with Crippen LogP contribution in [0.3, 0.4) is 0 Å². The zero-order valence-corrected chi connectivity index (χ0v) is 15.4. The van der Waals surface area contributed by atoms with Gasteiger partial charge in [-0.05, 0) is 72.5 Å². The molecule has 2 unspecified atom stereocenters. The van der Waals surface area contributed by atoms with Gasteiger partial charge < -0.3 is 19.9 Å². The predicted octanol–water partition coefficient (Wildman–Crippen LogP) is 2.71. The molecule has 0 aromatic rings. The molecule has 1 N–H and O–H groups in total. The Morgan fingerprint density at radius 1 is 1.13 bits per heavy atom. The molecule has 2 atom stereocenters. The minimum Gasteiger partial charge on any atom is -0.444 e. The van der Waals surface area contributed by atoms with Crippen LogP contribution < -0.4 is 5.32 Å². The van der Waals surface area contributed by atoms with E-state index in [1.165, 1.54) is 32.2 Å². The number of likely N-dealkylation sites (N-methyl/N-ethyl adjacent to an activating group) is 1. The van der Waals surface area contributed by atoms with E-state index in [1.807, 2.05) is 25.7 Å². The highest BCUT2D eigenvalue weighted by Crippen LogP contribution is 2.19. The molecule has 2 heterocycles. The Bertz CT molecular complexity index is 381. The molecule has 0 saturated carbocycles. The molecule has 2 aliphatic heterocycles. The number of nitrogens with one attached hydrogen (secondary N) is 1. The molecule has 2 saturated heterocycles. The molecular formula is C18H35N3O2. The van der Waals surface area contributed by atoms with E-state index in [0.717, 1.165) is 32.6 Å². The summed E-state index contributed by atoms with van der Waals surface area (Å²) in [4.78, 5) is 16.6. The lowest BCUT2D eigenvalue weighted by Gasteiger charge is -2.35. The molecule has 2 fully saturated rings. The van der Waals surface area contributed by atoms with Gasteiger partial charge in [0.05, 0.1) is 0 Å².